The molecule has 3 aromatic carbocycles. The number of rotatable bonds is 9. The van der Waals surface area contributed by atoms with Crippen LogP contribution in [0.2, 0.25) is 0 Å². The lowest BCUT2D eigenvalue weighted by Crippen LogP contribution is -2.34. The summed E-state index contributed by atoms with van der Waals surface area (Å²) in [5.41, 5.74) is 3.56. The highest BCUT2D eigenvalue weighted by atomic mass is 16.2. The Labute approximate surface area is 190 Å². The molecule has 0 saturated heterocycles. The quantitative estimate of drug-likeness (QED) is 0.530. The molecule has 2 amide bonds. The van der Waals surface area contributed by atoms with E-state index in [1.54, 1.807) is 29.2 Å². The molecule has 166 valence electrons. The zero-order valence-corrected chi connectivity index (χ0v) is 19.0. The lowest BCUT2D eigenvalue weighted by Gasteiger charge is -2.28. The van der Waals surface area contributed by atoms with Crippen LogP contribution in [0, 0.1) is 0 Å². The number of amides is 2. The molecule has 0 aliphatic carbocycles. The van der Waals surface area contributed by atoms with E-state index in [-0.39, 0.29) is 24.4 Å². The van der Waals surface area contributed by atoms with Gasteiger partial charge in [0.15, 0.2) is 0 Å². The van der Waals surface area contributed by atoms with Gasteiger partial charge in [0.1, 0.15) is 0 Å². The topological polar surface area (TPSA) is 52.7 Å². The Morgan fingerprint density at radius 1 is 0.781 bits per heavy atom. The number of benzene rings is 3. The van der Waals surface area contributed by atoms with Crippen molar-refractivity contribution in [2.45, 2.75) is 19.9 Å². The van der Waals surface area contributed by atoms with E-state index in [0.717, 1.165) is 11.1 Å². The van der Waals surface area contributed by atoms with Gasteiger partial charge < -0.3 is 10.2 Å². The number of nitrogens with one attached hydrogen (secondary N) is 1. The average Bonchev–Trinajstić information content (AvgIpc) is 2.82. The van der Waals surface area contributed by atoms with Crippen LogP contribution in [0.4, 0.5) is 5.69 Å². The number of hydrogen-bond donors (Lipinski definition) is 1. The minimum absolute atomic E-state index is 0.00109. The van der Waals surface area contributed by atoms with Crippen LogP contribution in [-0.4, -0.2) is 48.3 Å². The normalized spacial score (nSPS) is 10.9. The predicted molar refractivity (Wildman–Crippen MR) is 130 cm³/mol. The van der Waals surface area contributed by atoms with Crippen LogP contribution >= 0.6 is 0 Å². The second-order valence-electron chi connectivity index (χ2n) is 7.74. The fourth-order valence-electron chi connectivity index (χ4n) is 3.88. The van der Waals surface area contributed by atoms with E-state index in [4.69, 9.17) is 0 Å². The molecule has 0 atom stereocenters. The number of carbonyl (C=O) groups excluding carboxylic acids is 2. The summed E-state index contributed by atoms with van der Waals surface area (Å²) < 4.78 is 0. The molecule has 0 aliphatic rings. The monoisotopic (exact) mass is 429 g/mol. The van der Waals surface area contributed by atoms with Gasteiger partial charge in [0.25, 0.3) is 5.91 Å². The number of hydrogen-bond acceptors (Lipinski definition) is 3. The lowest BCUT2D eigenvalue weighted by molar-refractivity contribution is -0.117. The van der Waals surface area contributed by atoms with Crippen molar-refractivity contribution < 1.29 is 9.59 Å². The Morgan fingerprint density at radius 3 is 1.75 bits per heavy atom. The molecule has 0 radical (unpaired) electrons. The maximum atomic E-state index is 12.8. The van der Waals surface area contributed by atoms with Crippen LogP contribution in [0.5, 0.6) is 0 Å². The minimum Gasteiger partial charge on any atom is -0.339 e. The van der Waals surface area contributed by atoms with Crippen molar-refractivity contribution >= 4 is 17.5 Å². The first-order valence-corrected chi connectivity index (χ1v) is 11.0. The zero-order valence-electron chi connectivity index (χ0n) is 19.0. The SMILES string of the molecule is CCN(CC)C(=O)c1ccc(NC(=O)CN(C)C(c2ccccc2)c2ccccc2)cc1. The van der Waals surface area contributed by atoms with E-state index in [2.05, 4.69) is 29.6 Å². The molecule has 32 heavy (non-hydrogen) atoms. The number of carbonyl (C=O) groups is 2. The highest BCUT2D eigenvalue weighted by molar-refractivity contribution is 5.96. The first-order valence-electron chi connectivity index (χ1n) is 11.0. The third-order valence-corrected chi connectivity index (χ3v) is 5.53. The van der Waals surface area contributed by atoms with E-state index < -0.39 is 0 Å². The predicted octanol–water partition coefficient (Wildman–Crippen LogP) is 4.83. The molecule has 0 aromatic heterocycles. The fourth-order valence-corrected chi connectivity index (χ4v) is 3.88. The Bertz CT molecular complexity index is 961. The van der Waals surface area contributed by atoms with Crippen molar-refractivity contribution in [1.82, 2.24) is 9.80 Å². The zero-order chi connectivity index (χ0) is 22.9. The summed E-state index contributed by atoms with van der Waals surface area (Å²) in [4.78, 5) is 29.1. The van der Waals surface area contributed by atoms with E-state index in [0.29, 0.717) is 24.3 Å². The summed E-state index contributed by atoms with van der Waals surface area (Å²) in [6.07, 6.45) is 0. The summed E-state index contributed by atoms with van der Waals surface area (Å²) >= 11 is 0. The Hall–Kier alpha value is -3.44. The third kappa shape index (κ3) is 5.83. The summed E-state index contributed by atoms with van der Waals surface area (Å²) in [6.45, 7) is 5.50. The fraction of sp³-hybridized carbons (Fsp3) is 0.259. The van der Waals surface area contributed by atoms with Gasteiger partial charge in [-0.3, -0.25) is 14.5 Å². The Morgan fingerprint density at radius 2 is 1.28 bits per heavy atom. The maximum absolute atomic E-state index is 12.8. The lowest BCUT2D eigenvalue weighted by atomic mass is 9.97. The molecule has 0 heterocycles. The van der Waals surface area contributed by atoms with Gasteiger partial charge in [0, 0.05) is 24.3 Å². The van der Waals surface area contributed by atoms with Crippen molar-refractivity contribution in [3.8, 4) is 0 Å². The van der Waals surface area contributed by atoms with Gasteiger partial charge in [-0.05, 0) is 56.3 Å². The molecule has 1 N–H and O–H groups in total. The van der Waals surface area contributed by atoms with Crippen LogP contribution in [0.15, 0.2) is 84.9 Å². The smallest absolute Gasteiger partial charge is 0.253 e. The second-order valence-corrected chi connectivity index (χ2v) is 7.74. The van der Waals surface area contributed by atoms with Gasteiger partial charge in [-0.15, -0.1) is 0 Å². The van der Waals surface area contributed by atoms with Crippen molar-refractivity contribution in [3.05, 3.63) is 102 Å². The number of nitrogens with zero attached hydrogens (tertiary/aromatic N) is 2. The molecule has 0 aliphatic heterocycles. The molecule has 0 unspecified atom stereocenters. The standard InChI is InChI=1S/C27H31N3O2/c1-4-30(5-2)27(32)23-16-18-24(19-17-23)28-25(31)20-29(3)26(21-12-8-6-9-13-21)22-14-10-7-11-15-22/h6-19,26H,4-5,20H2,1-3H3,(H,28,31). The Balaban J connectivity index is 1.68. The second kappa shape index (κ2) is 11.3. The van der Waals surface area contributed by atoms with Crippen LogP contribution in [0.25, 0.3) is 0 Å². The van der Waals surface area contributed by atoms with Gasteiger partial charge in [0.2, 0.25) is 5.91 Å². The summed E-state index contributed by atoms with van der Waals surface area (Å²) in [6, 6.07) is 27.4. The Kier molecular flexibility index (Phi) is 8.17. The van der Waals surface area contributed by atoms with Crippen molar-refractivity contribution in [2.24, 2.45) is 0 Å². The molecular weight excluding hydrogens is 398 g/mol. The average molecular weight is 430 g/mol. The first kappa shape index (κ1) is 23.2. The first-order chi connectivity index (χ1) is 15.5. The van der Waals surface area contributed by atoms with Crippen molar-refractivity contribution in [3.63, 3.8) is 0 Å². The van der Waals surface area contributed by atoms with Gasteiger partial charge in [-0.25, -0.2) is 0 Å². The van der Waals surface area contributed by atoms with E-state index in [9.17, 15) is 9.59 Å². The molecular formula is C27H31N3O2. The van der Waals surface area contributed by atoms with Crippen molar-refractivity contribution in [2.75, 3.05) is 32.0 Å². The van der Waals surface area contributed by atoms with Gasteiger partial charge in [-0.2, -0.15) is 0 Å². The number of likely N-dealkylation sites (N-methyl/N-ethyl adjacent to an activating group) is 1. The van der Waals surface area contributed by atoms with Crippen molar-refractivity contribution in [1.29, 1.82) is 0 Å². The molecule has 5 heteroatoms. The highest BCUT2D eigenvalue weighted by Gasteiger charge is 2.21. The molecule has 3 rings (SSSR count). The van der Waals surface area contributed by atoms with Crippen LogP contribution in [0.1, 0.15) is 41.4 Å². The largest absolute Gasteiger partial charge is 0.339 e. The summed E-state index contributed by atoms with van der Waals surface area (Å²) in [7, 11) is 1.95. The highest BCUT2D eigenvalue weighted by Crippen LogP contribution is 2.27. The molecule has 3 aromatic rings. The van der Waals surface area contributed by atoms with E-state index in [1.165, 1.54) is 0 Å². The molecule has 0 saturated carbocycles. The summed E-state index contributed by atoms with van der Waals surface area (Å²) in [5.74, 6) is -0.103. The maximum Gasteiger partial charge on any atom is 0.253 e. The van der Waals surface area contributed by atoms with Gasteiger partial charge in [-0.1, -0.05) is 60.7 Å². The van der Waals surface area contributed by atoms with E-state index >= 15 is 0 Å². The van der Waals surface area contributed by atoms with E-state index in [1.807, 2.05) is 62.2 Å². The van der Waals surface area contributed by atoms with Crippen LogP contribution < -0.4 is 5.32 Å². The van der Waals surface area contributed by atoms with Crippen LogP contribution in [0.3, 0.4) is 0 Å². The molecule has 5 nitrogen and oxygen atoms in total. The molecule has 0 spiro atoms. The van der Waals surface area contributed by atoms with Crippen LogP contribution in [-0.2, 0) is 4.79 Å². The molecule has 0 fully saturated rings. The van der Waals surface area contributed by atoms with Gasteiger partial charge >= 0.3 is 0 Å². The van der Waals surface area contributed by atoms with Gasteiger partial charge in [0.05, 0.1) is 12.6 Å². The minimum atomic E-state index is -0.104. The molecule has 0 bridgehead atoms. The number of anilines is 1. The third-order valence-electron chi connectivity index (χ3n) is 5.53. The summed E-state index contributed by atoms with van der Waals surface area (Å²) in [5, 5.41) is 2.95.